The van der Waals surface area contributed by atoms with Crippen molar-refractivity contribution in [3.63, 3.8) is 0 Å². The summed E-state index contributed by atoms with van der Waals surface area (Å²) in [5, 5.41) is 2.85. The molecule has 1 amide bonds. The summed E-state index contributed by atoms with van der Waals surface area (Å²) in [6, 6.07) is 13.7. The van der Waals surface area contributed by atoms with Crippen molar-refractivity contribution in [1.29, 1.82) is 0 Å². The van der Waals surface area contributed by atoms with E-state index in [0.29, 0.717) is 6.42 Å². The zero-order valence-electron chi connectivity index (χ0n) is 9.23. The Morgan fingerprint density at radius 1 is 1.12 bits per heavy atom. The van der Waals surface area contributed by atoms with Gasteiger partial charge in [-0.1, -0.05) is 30.3 Å². The Hall–Kier alpha value is -2.29. The van der Waals surface area contributed by atoms with Crippen LogP contribution in [0.15, 0.2) is 42.5 Å². The first kappa shape index (κ1) is 9.90. The molecule has 1 aliphatic heterocycles. The fraction of sp³-hybridized carbons (Fsp3) is 0.0714. The largest absolute Gasteiger partial charge is 0.398 e. The minimum atomic E-state index is 0.0539. The molecule has 0 atom stereocenters. The van der Waals surface area contributed by atoms with Crippen LogP contribution in [0.3, 0.4) is 0 Å². The van der Waals surface area contributed by atoms with Crippen molar-refractivity contribution in [2.24, 2.45) is 0 Å². The lowest BCUT2D eigenvalue weighted by Gasteiger charge is -2.07. The molecule has 17 heavy (non-hydrogen) atoms. The zero-order chi connectivity index (χ0) is 11.8. The van der Waals surface area contributed by atoms with E-state index in [0.717, 1.165) is 28.1 Å². The number of para-hydroxylation sites is 1. The molecule has 0 aliphatic carbocycles. The molecule has 1 heterocycles. The second-order valence-corrected chi connectivity index (χ2v) is 4.18. The molecular formula is C14H12N2O. The lowest BCUT2D eigenvalue weighted by molar-refractivity contribution is -0.115. The fourth-order valence-corrected chi connectivity index (χ4v) is 2.14. The summed E-state index contributed by atoms with van der Waals surface area (Å²) in [4.78, 5) is 11.3. The van der Waals surface area contributed by atoms with Crippen molar-refractivity contribution in [3.8, 4) is 11.1 Å². The molecule has 0 saturated heterocycles. The second-order valence-electron chi connectivity index (χ2n) is 4.18. The highest BCUT2D eigenvalue weighted by Crippen LogP contribution is 2.31. The van der Waals surface area contributed by atoms with Crippen LogP contribution in [-0.2, 0) is 11.2 Å². The van der Waals surface area contributed by atoms with Gasteiger partial charge >= 0.3 is 0 Å². The van der Waals surface area contributed by atoms with Crippen molar-refractivity contribution in [1.82, 2.24) is 0 Å². The Labute approximate surface area is 99.3 Å². The van der Waals surface area contributed by atoms with Gasteiger partial charge in [-0.15, -0.1) is 0 Å². The van der Waals surface area contributed by atoms with E-state index in [1.54, 1.807) is 0 Å². The molecule has 3 heteroatoms. The van der Waals surface area contributed by atoms with Gasteiger partial charge in [0.15, 0.2) is 0 Å². The highest BCUT2D eigenvalue weighted by atomic mass is 16.1. The van der Waals surface area contributed by atoms with Crippen molar-refractivity contribution in [2.75, 3.05) is 11.1 Å². The number of rotatable bonds is 1. The van der Waals surface area contributed by atoms with Crippen LogP contribution in [0, 0.1) is 0 Å². The van der Waals surface area contributed by atoms with E-state index in [1.807, 2.05) is 42.5 Å². The van der Waals surface area contributed by atoms with Gasteiger partial charge in [0.1, 0.15) is 0 Å². The number of benzene rings is 2. The number of hydrogen-bond donors (Lipinski definition) is 2. The van der Waals surface area contributed by atoms with E-state index in [2.05, 4.69) is 5.32 Å². The Morgan fingerprint density at radius 3 is 2.76 bits per heavy atom. The molecule has 0 fully saturated rings. The summed E-state index contributed by atoms with van der Waals surface area (Å²) in [6.45, 7) is 0. The summed E-state index contributed by atoms with van der Waals surface area (Å²) in [7, 11) is 0. The lowest BCUT2D eigenvalue weighted by Crippen LogP contribution is -2.03. The van der Waals surface area contributed by atoms with Crippen molar-refractivity contribution in [2.45, 2.75) is 6.42 Å². The number of carbonyl (C=O) groups excluding carboxylic acids is 1. The molecule has 0 radical (unpaired) electrons. The Bertz CT molecular complexity index is 605. The van der Waals surface area contributed by atoms with E-state index in [1.165, 1.54) is 0 Å². The second kappa shape index (κ2) is 3.63. The molecule has 0 saturated carbocycles. The van der Waals surface area contributed by atoms with Crippen LogP contribution in [-0.4, -0.2) is 5.91 Å². The molecule has 2 aromatic carbocycles. The summed E-state index contributed by atoms with van der Waals surface area (Å²) in [5.41, 5.74) is 10.7. The van der Waals surface area contributed by atoms with Crippen molar-refractivity contribution < 1.29 is 4.79 Å². The molecule has 84 valence electrons. The highest BCUT2D eigenvalue weighted by molar-refractivity contribution is 6.00. The molecule has 0 bridgehead atoms. The number of carbonyl (C=O) groups is 1. The maximum absolute atomic E-state index is 11.3. The first-order valence-electron chi connectivity index (χ1n) is 5.52. The molecule has 3 N–H and O–H groups in total. The average molecular weight is 224 g/mol. The Balaban J connectivity index is 2.09. The molecular weight excluding hydrogens is 212 g/mol. The van der Waals surface area contributed by atoms with Gasteiger partial charge < -0.3 is 11.1 Å². The van der Waals surface area contributed by atoms with Gasteiger partial charge in [0.05, 0.1) is 6.42 Å². The minimum absolute atomic E-state index is 0.0539. The van der Waals surface area contributed by atoms with E-state index in [-0.39, 0.29) is 5.91 Å². The smallest absolute Gasteiger partial charge is 0.228 e. The predicted molar refractivity (Wildman–Crippen MR) is 68.6 cm³/mol. The van der Waals surface area contributed by atoms with Gasteiger partial charge in [-0.05, 0) is 23.3 Å². The van der Waals surface area contributed by atoms with Crippen LogP contribution in [0.5, 0.6) is 0 Å². The number of amides is 1. The molecule has 2 aromatic rings. The Kier molecular flexibility index (Phi) is 2.11. The summed E-state index contributed by atoms with van der Waals surface area (Å²) in [5.74, 6) is 0.0539. The summed E-state index contributed by atoms with van der Waals surface area (Å²) >= 11 is 0. The predicted octanol–water partition coefficient (Wildman–Crippen LogP) is 2.43. The monoisotopic (exact) mass is 224 g/mol. The maximum atomic E-state index is 11.3. The quantitative estimate of drug-likeness (QED) is 0.731. The Morgan fingerprint density at radius 2 is 1.94 bits per heavy atom. The van der Waals surface area contributed by atoms with E-state index in [9.17, 15) is 4.79 Å². The van der Waals surface area contributed by atoms with Crippen LogP contribution in [0.1, 0.15) is 5.56 Å². The molecule has 1 aliphatic rings. The molecule has 3 nitrogen and oxygen atoms in total. The van der Waals surface area contributed by atoms with Gasteiger partial charge in [0, 0.05) is 16.9 Å². The third-order valence-corrected chi connectivity index (χ3v) is 3.01. The van der Waals surface area contributed by atoms with E-state index < -0.39 is 0 Å². The van der Waals surface area contributed by atoms with Gasteiger partial charge in [-0.25, -0.2) is 0 Å². The van der Waals surface area contributed by atoms with Crippen molar-refractivity contribution in [3.05, 3.63) is 48.0 Å². The number of anilines is 2. The highest BCUT2D eigenvalue weighted by Gasteiger charge is 2.17. The van der Waals surface area contributed by atoms with Crippen LogP contribution >= 0.6 is 0 Å². The van der Waals surface area contributed by atoms with Gasteiger partial charge in [-0.3, -0.25) is 4.79 Å². The van der Waals surface area contributed by atoms with E-state index >= 15 is 0 Å². The normalized spacial score (nSPS) is 13.3. The van der Waals surface area contributed by atoms with Crippen LogP contribution in [0.25, 0.3) is 11.1 Å². The van der Waals surface area contributed by atoms with Gasteiger partial charge in [0.25, 0.3) is 0 Å². The standard InChI is InChI=1S/C14H12N2O/c15-12-4-2-1-3-11(12)9-5-6-10-8-14(17)16-13(10)7-9/h1-7H,8,15H2,(H,16,17). The van der Waals surface area contributed by atoms with E-state index in [4.69, 9.17) is 5.73 Å². The summed E-state index contributed by atoms with van der Waals surface area (Å²) < 4.78 is 0. The molecule has 0 unspecified atom stereocenters. The SMILES string of the molecule is Nc1ccccc1-c1ccc2c(c1)NC(=O)C2. The fourth-order valence-electron chi connectivity index (χ4n) is 2.14. The molecule has 0 aromatic heterocycles. The first-order chi connectivity index (χ1) is 8.24. The number of hydrogen-bond acceptors (Lipinski definition) is 2. The van der Waals surface area contributed by atoms with Crippen LogP contribution in [0.4, 0.5) is 11.4 Å². The first-order valence-corrected chi connectivity index (χ1v) is 5.52. The number of nitrogens with one attached hydrogen (secondary N) is 1. The number of fused-ring (bicyclic) bond motifs is 1. The number of nitrogens with two attached hydrogens (primary N) is 1. The average Bonchev–Trinajstić information content (AvgIpc) is 2.68. The zero-order valence-corrected chi connectivity index (χ0v) is 9.23. The van der Waals surface area contributed by atoms with Gasteiger partial charge in [-0.2, -0.15) is 0 Å². The van der Waals surface area contributed by atoms with Crippen molar-refractivity contribution >= 4 is 17.3 Å². The van der Waals surface area contributed by atoms with Gasteiger partial charge in [0.2, 0.25) is 5.91 Å². The lowest BCUT2D eigenvalue weighted by atomic mass is 10.0. The molecule has 3 rings (SSSR count). The minimum Gasteiger partial charge on any atom is -0.398 e. The number of nitrogen functional groups attached to an aromatic ring is 1. The van der Waals surface area contributed by atoms with Crippen LogP contribution < -0.4 is 11.1 Å². The molecule has 0 spiro atoms. The third-order valence-electron chi connectivity index (χ3n) is 3.01. The topological polar surface area (TPSA) is 55.1 Å². The van der Waals surface area contributed by atoms with Crippen LogP contribution in [0.2, 0.25) is 0 Å². The maximum Gasteiger partial charge on any atom is 0.228 e. The third kappa shape index (κ3) is 1.65. The summed E-state index contributed by atoms with van der Waals surface area (Å²) in [6.07, 6.45) is 0.472.